The fourth-order valence-corrected chi connectivity index (χ4v) is 2.07. The predicted octanol–water partition coefficient (Wildman–Crippen LogP) is 1.39. The monoisotopic (exact) mass is 256 g/mol. The van der Waals surface area contributed by atoms with Crippen molar-refractivity contribution in [1.29, 1.82) is 0 Å². The number of para-hydroxylation sites is 1. The van der Waals surface area contributed by atoms with E-state index in [9.17, 15) is 5.11 Å². The Morgan fingerprint density at radius 3 is 2.93 bits per heavy atom. The number of benzene rings is 1. The van der Waals surface area contributed by atoms with E-state index < -0.39 is 0 Å². The zero-order valence-corrected chi connectivity index (χ0v) is 9.34. The molecular weight excluding hydrogens is 244 g/mol. The SMILES string of the molecule is Oc1c(Br)cccc1[C@H]1CNCCN1. The van der Waals surface area contributed by atoms with Gasteiger partial charge in [0.15, 0.2) is 0 Å². The molecule has 1 aromatic rings. The van der Waals surface area contributed by atoms with Gasteiger partial charge in [0.1, 0.15) is 5.75 Å². The van der Waals surface area contributed by atoms with Crippen LogP contribution in [0.1, 0.15) is 11.6 Å². The fourth-order valence-electron chi connectivity index (χ4n) is 1.69. The highest BCUT2D eigenvalue weighted by atomic mass is 79.9. The smallest absolute Gasteiger partial charge is 0.134 e. The van der Waals surface area contributed by atoms with Gasteiger partial charge in [-0.2, -0.15) is 0 Å². The summed E-state index contributed by atoms with van der Waals surface area (Å²) in [5.41, 5.74) is 0.951. The Balaban J connectivity index is 2.26. The zero-order chi connectivity index (χ0) is 9.97. The lowest BCUT2D eigenvalue weighted by atomic mass is 10.0. The van der Waals surface area contributed by atoms with Gasteiger partial charge in [-0.15, -0.1) is 0 Å². The van der Waals surface area contributed by atoms with Crippen LogP contribution >= 0.6 is 15.9 Å². The summed E-state index contributed by atoms with van der Waals surface area (Å²) in [4.78, 5) is 0. The van der Waals surface area contributed by atoms with E-state index in [1.54, 1.807) is 0 Å². The van der Waals surface area contributed by atoms with Crippen molar-refractivity contribution in [3.63, 3.8) is 0 Å². The van der Waals surface area contributed by atoms with Crippen molar-refractivity contribution in [2.75, 3.05) is 19.6 Å². The molecule has 1 heterocycles. The summed E-state index contributed by atoms with van der Waals surface area (Å²) < 4.78 is 0.752. The van der Waals surface area contributed by atoms with Gasteiger partial charge < -0.3 is 15.7 Å². The van der Waals surface area contributed by atoms with Crippen molar-refractivity contribution in [1.82, 2.24) is 10.6 Å². The van der Waals surface area contributed by atoms with Crippen molar-refractivity contribution < 1.29 is 5.11 Å². The van der Waals surface area contributed by atoms with Gasteiger partial charge in [-0.3, -0.25) is 0 Å². The summed E-state index contributed by atoms with van der Waals surface area (Å²) >= 11 is 3.31. The molecule has 1 aliphatic heterocycles. The molecule has 0 spiro atoms. The molecule has 0 bridgehead atoms. The summed E-state index contributed by atoms with van der Waals surface area (Å²) in [6, 6.07) is 5.94. The van der Waals surface area contributed by atoms with Crippen LogP contribution in [0.4, 0.5) is 0 Å². The van der Waals surface area contributed by atoms with Crippen LogP contribution in [0.2, 0.25) is 0 Å². The van der Waals surface area contributed by atoms with E-state index >= 15 is 0 Å². The number of rotatable bonds is 1. The number of aromatic hydroxyl groups is 1. The predicted molar refractivity (Wildman–Crippen MR) is 59.4 cm³/mol. The number of phenols is 1. The average Bonchev–Trinajstić information content (AvgIpc) is 2.23. The van der Waals surface area contributed by atoms with E-state index in [0.717, 1.165) is 29.7 Å². The molecule has 1 aliphatic rings. The summed E-state index contributed by atoms with van der Waals surface area (Å²) in [6.45, 7) is 2.80. The molecule has 0 amide bonds. The molecule has 3 N–H and O–H groups in total. The lowest BCUT2D eigenvalue weighted by Gasteiger charge is -2.25. The van der Waals surface area contributed by atoms with Crippen LogP contribution in [-0.4, -0.2) is 24.7 Å². The molecular formula is C10H13BrN2O. The molecule has 4 heteroatoms. The number of hydrogen-bond acceptors (Lipinski definition) is 3. The van der Waals surface area contributed by atoms with Crippen LogP contribution in [0.15, 0.2) is 22.7 Å². The van der Waals surface area contributed by atoms with Crippen LogP contribution in [0, 0.1) is 0 Å². The minimum atomic E-state index is 0.209. The summed E-state index contributed by atoms with van der Waals surface area (Å²) in [5, 5.41) is 16.5. The molecule has 1 atom stereocenters. The number of piperazine rings is 1. The summed E-state index contributed by atoms with van der Waals surface area (Å²) in [7, 11) is 0. The fraction of sp³-hybridized carbons (Fsp3) is 0.400. The first-order valence-electron chi connectivity index (χ1n) is 4.70. The van der Waals surface area contributed by atoms with Gasteiger partial charge in [0.25, 0.3) is 0 Å². The average molecular weight is 257 g/mol. The maximum Gasteiger partial charge on any atom is 0.134 e. The molecule has 3 nitrogen and oxygen atoms in total. The van der Waals surface area contributed by atoms with Gasteiger partial charge in [0, 0.05) is 31.2 Å². The van der Waals surface area contributed by atoms with E-state index in [4.69, 9.17) is 0 Å². The quantitative estimate of drug-likeness (QED) is 0.712. The second-order valence-electron chi connectivity index (χ2n) is 3.39. The van der Waals surface area contributed by atoms with Gasteiger partial charge in [-0.1, -0.05) is 12.1 Å². The molecule has 76 valence electrons. The Hall–Kier alpha value is -0.580. The Morgan fingerprint density at radius 1 is 1.36 bits per heavy atom. The molecule has 0 radical (unpaired) electrons. The third-order valence-corrected chi connectivity index (χ3v) is 3.07. The van der Waals surface area contributed by atoms with Gasteiger partial charge in [-0.05, 0) is 22.0 Å². The minimum Gasteiger partial charge on any atom is -0.506 e. The number of halogens is 1. The Kier molecular flexibility index (Phi) is 3.05. The molecule has 0 aromatic heterocycles. The Morgan fingerprint density at radius 2 is 2.21 bits per heavy atom. The van der Waals surface area contributed by atoms with Gasteiger partial charge in [0.05, 0.1) is 4.47 Å². The molecule has 0 saturated carbocycles. The molecule has 1 fully saturated rings. The maximum atomic E-state index is 9.84. The number of nitrogens with one attached hydrogen (secondary N) is 2. The van der Waals surface area contributed by atoms with Crippen molar-refractivity contribution in [2.24, 2.45) is 0 Å². The van der Waals surface area contributed by atoms with Crippen molar-refractivity contribution in [3.8, 4) is 5.75 Å². The zero-order valence-electron chi connectivity index (χ0n) is 7.76. The molecule has 1 aromatic carbocycles. The molecule has 14 heavy (non-hydrogen) atoms. The van der Waals surface area contributed by atoms with Crippen LogP contribution in [0.25, 0.3) is 0 Å². The van der Waals surface area contributed by atoms with Crippen LogP contribution in [0.3, 0.4) is 0 Å². The lowest BCUT2D eigenvalue weighted by molar-refractivity contribution is 0.403. The van der Waals surface area contributed by atoms with E-state index in [1.807, 2.05) is 18.2 Å². The third kappa shape index (κ3) is 1.92. The molecule has 2 rings (SSSR count). The topological polar surface area (TPSA) is 44.3 Å². The number of hydrogen-bond donors (Lipinski definition) is 3. The highest BCUT2D eigenvalue weighted by Crippen LogP contribution is 2.31. The highest BCUT2D eigenvalue weighted by Gasteiger charge is 2.18. The van der Waals surface area contributed by atoms with Gasteiger partial charge in [0.2, 0.25) is 0 Å². The van der Waals surface area contributed by atoms with Crippen molar-refractivity contribution in [2.45, 2.75) is 6.04 Å². The Bertz CT molecular complexity index is 324. The second-order valence-corrected chi connectivity index (χ2v) is 4.24. The van der Waals surface area contributed by atoms with Crippen molar-refractivity contribution in [3.05, 3.63) is 28.2 Å². The standard InChI is InChI=1S/C10H13BrN2O/c11-8-3-1-2-7(10(8)14)9-6-12-4-5-13-9/h1-3,9,12-14H,4-6H2/t9-/m1/s1. The normalized spacial score (nSPS) is 22.2. The van der Waals surface area contributed by atoms with E-state index in [2.05, 4.69) is 26.6 Å². The number of phenolic OH excluding ortho intramolecular Hbond substituents is 1. The van der Waals surface area contributed by atoms with Gasteiger partial charge in [-0.25, -0.2) is 0 Å². The van der Waals surface area contributed by atoms with E-state index in [-0.39, 0.29) is 6.04 Å². The first-order valence-corrected chi connectivity index (χ1v) is 5.50. The third-order valence-electron chi connectivity index (χ3n) is 2.43. The van der Waals surface area contributed by atoms with Gasteiger partial charge >= 0.3 is 0 Å². The highest BCUT2D eigenvalue weighted by molar-refractivity contribution is 9.10. The molecule has 0 unspecified atom stereocenters. The largest absolute Gasteiger partial charge is 0.506 e. The van der Waals surface area contributed by atoms with Crippen LogP contribution < -0.4 is 10.6 Å². The second kappa shape index (κ2) is 4.29. The summed E-state index contributed by atoms with van der Waals surface area (Å²) in [5.74, 6) is 0.341. The minimum absolute atomic E-state index is 0.209. The first kappa shape index (κ1) is 9.96. The van der Waals surface area contributed by atoms with E-state index in [1.165, 1.54) is 0 Å². The molecule has 0 aliphatic carbocycles. The molecule has 1 saturated heterocycles. The van der Waals surface area contributed by atoms with Crippen molar-refractivity contribution >= 4 is 15.9 Å². The van der Waals surface area contributed by atoms with Crippen LogP contribution in [-0.2, 0) is 0 Å². The van der Waals surface area contributed by atoms with Crippen LogP contribution in [0.5, 0.6) is 5.75 Å². The maximum absolute atomic E-state index is 9.84. The Labute approximate surface area is 91.6 Å². The lowest BCUT2D eigenvalue weighted by Crippen LogP contribution is -2.42. The summed E-state index contributed by atoms with van der Waals surface area (Å²) in [6.07, 6.45) is 0. The first-order chi connectivity index (χ1) is 6.79. The van der Waals surface area contributed by atoms with E-state index in [0.29, 0.717) is 5.75 Å².